The first-order valence-corrected chi connectivity index (χ1v) is 21.0. The lowest BCUT2D eigenvalue weighted by Gasteiger charge is -2.70. The number of hydrogen-bond donors (Lipinski definition) is 10. The van der Waals surface area contributed by atoms with Gasteiger partial charge in [0.05, 0.1) is 37.1 Å². The van der Waals surface area contributed by atoms with Crippen LogP contribution in [0.15, 0.2) is 12.2 Å². The molecular formula is C42H72O14. The molecule has 6 fully saturated rings. The third kappa shape index (κ3) is 7.16. The molecule has 0 amide bonds. The fourth-order valence-corrected chi connectivity index (χ4v) is 13.3. The summed E-state index contributed by atoms with van der Waals surface area (Å²) in [7, 11) is 0. The van der Waals surface area contributed by atoms with E-state index in [0.717, 1.165) is 32.1 Å². The zero-order chi connectivity index (χ0) is 41.5. The minimum absolute atomic E-state index is 0.0844. The lowest BCUT2D eigenvalue weighted by molar-refractivity contribution is -0.378. The number of rotatable bonds is 11. The van der Waals surface area contributed by atoms with E-state index in [1.165, 1.54) is 0 Å². The van der Waals surface area contributed by atoms with E-state index < -0.39 is 104 Å². The highest BCUT2D eigenvalue weighted by atomic mass is 16.8. The molecule has 0 aromatic heterocycles. The maximum atomic E-state index is 12.2. The third-order valence-electron chi connectivity index (χ3n) is 16.9. The Morgan fingerprint density at radius 1 is 0.768 bits per heavy atom. The van der Waals surface area contributed by atoms with Crippen molar-refractivity contribution >= 4 is 0 Å². The Bertz CT molecular complexity index is 1390. The molecule has 2 heterocycles. The van der Waals surface area contributed by atoms with Crippen molar-refractivity contribution in [3.8, 4) is 0 Å². The van der Waals surface area contributed by atoms with Crippen molar-refractivity contribution in [2.45, 2.75) is 192 Å². The first kappa shape index (κ1) is 44.7. The smallest absolute Gasteiger partial charge is 0.187 e. The van der Waals surface area contributed by atoms with Crippen molar-refractivity contribution < 1.29 is 70.0 Å². The van der Waals surface area contributed by atoms with Gasteiger partial charge in [0.2, 0.25) is 0 Å². The topological polar surface area (TPSA) is 239 Å². The number of ether oxygens (including phenoxy) is 4. The molecule has 324 valence electrons. The third-order valence-corrected chi connectivity index (χ3v) is 16.9. The maximum absolute atomic E-state index is 12.2. The molecule has 56 heavy (non-hydrogen) atoms. The van der Waals surface area contributed by atoms with Crippen molar-refractivity contribution in [3.63, 3.8) is 0 Å². The van der Waals surface area contributed by atoms with Crippen LogP contribution in [0.5, 0.6) is 0 Å². The minimum atomic E-state index is -1.76. The van der Waals surface area contributed by atoms with Crippen LogP contribution in [0.4, 0.5) is 0 Å². The molecule has 0 radical (unpaired) electrons. The summed E-state index contributed by atoms with van der Waals surface area (Å²) < 4.78 is 24.3. The van der Waals surface area contributed by atoms with Gasteiger partial charge in [-0.3, -0.25) is 0 Å². The predicted molar refractivity (Wildman–Crippen MR) is 202 cm³/mol. The highest BCUT2D eigenvalue weighted by molar-refractivity contribution is 5.20. The summed E-state index contributed by atoms with van der Waals surface area (Å²) in [4.78, 5) is 0. The molecule has 6 rings (SSSR count). The standard InChI is InChI=1S/C42H72O14/c1-20(2)22(45)10-16-42(8,52)21-9-14-41(7)29(21)23(46)17-27-39(5)13-12-28(38(3,4)26(39)11-15-40(27,41)6)55-37-35(33(50)31(48)25(19-44)54-37)56-36-34(51)32(49)30(47)24(18-43)53-36/h21-37,43-52H,1,9-19H2,2-8H3/t21?,22-,23-,24-,25-,26?,27?,28+,29?,30-,31-,32+,33+,34-,35-,36+,37+,39+,40-,41-,42+/m1/s1. The quantitative estimate of drug-likeness (QED) is 0.104. The van der Waals surface area contributed by atoms with Crippen LogP contribution in [-0.2, 0) is 18.9 Å². The van der Waals surface area contributed by atoms with E-state index in [9.17, 15) is 51.1 Å². The molecule has 21 atom stereocenters. The number of aliphatic hydroxyl groups is 10. The molecule has 2 saturated heterocycles. The van der Waals surface area contributed by atoms with E-state index in [0.29, 0.717) is 31.3 Å². The summed E-state index contributed by atoms with van der Waals surface area (Å²) in [6, 6.07) is 0. The van der Waals surface area contributed by atoms with Crippen LogP contribution in [0.1, 0.15) is 106 Å². The van der Waals surface area contributed by atoms with Crippen LogP contribution < -0.4 is 0 Å². The van der Waals surface area contributed by atoms with E-state index in [2.05, 4.69) is 41.2 Å². The van der Waals surface area contributed by atoms with Crippen LogP contribution in [0.25, 0.3) is 0 Å². The summed E-state index contributed by atoms with van der Waals surface area (Å²) in [5.74, 6) is 0.150. The van der Waals surface area contributed by atoms with Gasteiger partial charge in [0.1, 0.15) is 48.8 Å². The van der Waals surface area contributed by atoms with Gasteiger partial charge < -0.3 is 70.0 Å². The summed E-state index contributed by atoms with van der Waals surface area (Å²) >= 11 is 0. The fourth-order valence-electron chi connectivity index (χ4n) is 13.3. The van der Waals surface area contributed by atoms with Gasteiger partial charge >= 0.3 is 0 Å². The highest BCUT2D eigenvalue weighted by Crippen LogP contribution is 2.76. The Morgan fingerprint density at radius 3 is 1.96 bits per heavy atom. The van der Waals surface area contributed by atoms with Crippen LogP contribution >= 0.6 is 0 Å². The van der Waals surface area contributed by atoms with E-state index in [-0.39, 0.29) is 39.9 Å². The zero-order valence-corrected chi connectivity index (χ0v) is 34.4. The highest BCUT2D eigenvalue weighted by Gasteiger charge is 2.71. The molecule has 10 N–H and O–H groups in total. The number of fused-ring (bicyclic) bond motifs is 5. The van der Waals surface area contributed by atoms with Crippen LogP contribution in [-0.4, -0.2) is 150 Å². The summed E-state index contributed by atoms with van der Waals surface area (Å²) in [5.41, 5.74) is -1.35. The summed E-state index contributed by atoms with van der Waals surface area (Å²) in [6.45, 7) is 17.7. The molecule has 0 bridgehead atoms. The monoisotopic (exact) mass is 800 g/mol. The largest absolute Gasteiger partial charge is 0.394 e. The molecular weight excluding hydrogens is 728 g/mol. The van der Waals surface area contributed by atoms with Crippen molar-refractivity contribution in [2.75, 3.05) is 13.2 Å². The molecule has 14 heteroatoms. The van der Waals surface area contributed by atoms with Gasteiger partial charge in [-0.1, -0.05) is 46.8 Å². The average molecular weight is 801 g/mol. The predicted octanol–water partition coefficient (Wildman–Crippen LogP) is 1.12. The Labute approximate surface area is 331 Å². The van der Waals surface area contributed by atoms with Gasteiger partial charge in [-0.2, -0.15) is 0 Å². The van der Waals surface area contributed by atoms with Crippen molar-refractivity contribution in [1.29, 1.82) is 0 Å². The van der Waals surface area contributed by atoms with Gasteiger partial charge in [-0.05, 0) is 117 Å². The SMILES string of the molecule is C=C(C)[C@H](O)CC[C@](C)(O)C1CC[C@]2(C)C1[C@H](O)CC1[C@@]3(C)CC[C@H](O[C@@H]4O[C@H](CO)[C@@H](O)[C@H](O)[C@H]4O[C@@H]4O[C@H](CO)[C@@H](O)[C@H](O)[C@H]4O)C(C)(C)C3CC[C@]12C. The maximum Gasteiger partial charge on any atom is 0.187 e. The molecule has 4 saturated carbocycles. The lowest BCUT2D eigenvalue weighted by atomic mass is 9.35. The lowest BCUT2D eigenvalue weighted by Crippen LogP contribution is -2.68. The number of aliphatic hydroxyl groups excluding tert-OH is 9. The van der Waals surface area contributed by atoms with Gasteiger partial charge in [0.25, 0.3) is 0 Å². The van der Waals surface area contributed by atoms with Gasteiger partial charge in [0, 0.05) is 0 Å². The Hall–Kier alpha value is -0.820. The van der Waals surface area contributed by atoms with Crippen LogP contribution in [0, 0.1) is 45.3 Å². The average Bonchev–Trinajstić information content (AvgIpc) is 3.53. The van der Waals surface area contributed by atoms with Gasteiger partial charge in [0.15, 0.2) is 12.6 Å². The Morgan fingerprint density at radius 2 is 1.36 bits per heavy atom. The Balaban J connectivity index is 1.22. The van der Waals surface area contributed by atoms with Crippen LogP contribution in [0.2, 0.25) is 0 Å². The molecule has 0 aromatic carbocycles. The van der Waals surface area contributed by atoms with Gasteiger partial charge in [-0.15, -0.1) is 0 Å². The van der Waals surface area contributed by atoms with E-state index in [4.69, 9.17) is 18.9 Å². The van der Waals surface area contributed by atoms with E-state index in [1.807, 2.05) is 6.92 Å². The zero-order valence-electron chi connectivity index (χ0n) is 34.4. The second kappa shape index (κ2) is 15.9. The molecule has 14 nitrogen and oxygen atoms in total. The first-order valence-electron chi connectivity index (χ1n) is 21.0. The van der Waals surface area contributed by atoms with Crippen molar-refractivity contribution in [2.24, 2.45) is 45.3 Å². The van der Waals surface area contributed by atoms with Crippen molar-refractivity contribution in [1.82, 2.24) is 0 Å². The second-order valence-electron chi connectivity index (χ2n) is 20.2. The minimum Gasteiger partial charge on any atom is -0.394 e. The molecule has 0 aromatic rings. The Kier molecular flexibility index (Phi) is 12.7. The summed E-state index contributed by atoms with van der Waals surface area (Å²) in [6.07, 6.45) is -10.6. The first-order chi connectivity index (χ1) is 26.0. The van der Waals surface area contributed by atoms with E-state index in [1.54, 1.807) is 6.92 Å². The molecule has 4 aliphatic carbocycles. The molecule has 0 spiro atoms. The molecule has 6 aliphatic rings. The summed E-state index contributed by atoms with van der Waals surface area (Å²) in [5, 5.41) is 108. The fraction of sp³-hybridized carbons (Fsp3) is 0.952. The van der Waals surface area contributed by atoms with Gasteiger partial charge in [-0.25, -0.2) is 0 Å². The van der Waals surface area contributed by atoms with Crippen molar-refractivity contribution in [3.05, 3.63) is 12.2 Å². The number of hydrogen-bond acceptors (Lipinski definition) is 14. The van der Waals surface area contributed by atoms with Crippen LogP contribution in [0.3, 0.4) is 0 Å². The van der Waals surface area contributed by atoms with E-state index >= 15 is 0 Å². The normalized spacial score (nSPS) is 51.9. The second-order valence-corrected chi connectivity index (χ2v) is 20.2. The molecule has 4 unspecified atom stereocenters. The molecule has 2 aliphatic heterocycles.